The van der Waals surface area contributed by atoms with E-state index in [1.807, 2.05) is 24.3 Å². The molecule has 7 heteroatoms. The fraction of sp³-hybridized carbons (Fsp3) is 0.333. The molecule has 2 aromatic carbocycles. The van der Waals surface area contributed by atoms with Gasteiger partial charge in [0.25, 0.3) is 0 Å². The number of anilines is 1. The largest absolute Gasteiger partial charge is 0.471 e. The summed E-state index contributed by atoms with van der Waals surface area (Å²) in [5.41, 5.74) is 3.52. The summed E-state index contributed by atoms with van der Waals surface area (Å²) in [6.07, 6.45) is -4.94. The molecule has 1 amide bonds. The van der Waals surface area contributed by atoms with Crippen LogP contribution in [0.25, 0.3) is 22.6 Å². The highest BCUT2D eigenvalue weighted by molar-refractivity contribution is 5.98. The fourth-order valence-electron chi connectivity index (χ4n) is 2.92. The third-order valence-electron chi connectivity index (χ3n) is 4.59. The minimum absolute atomic E-state index is 0.0148. The SMILES string of the molecule is Cc1cc(N(C)C(=O)C(F)(F)F)cc2nc(-c3ccc(C(C)(C)C)cc3)oc12. The number of fused-ring (bicyclic) bond motifs is 1. The van der Waals surface area contributed by atoms with Crippen LogP contribution in [0, 0.1) is 6.92 Å². The van der Waals surface area contributed by atoms with Gasteiger partial charge in [-0.15, -0.1) is 0 Å². The number of oxazole rings is 1. The molecule has 0 atom stereocenters. The second-order valence-electron chi connectivity index (χ2n) is 7.82. The van der Waals surface area contributed by atoms with E-state index < -0.39 is 12.1 Å². The molecular formula is C21H21F3N2O2. The first kappa shape index (κ1) is 19.9. The van der Waals surface area contributed by atoms with Gasteiger partial charge in [-0.2, -0.15) is 13.2 Å². The van der Waals surface area contributed by atoms with E-state index in [0.717, 1.165) is 18.2 Å². The molecular weight excluding hydrogens is 369 g/mol. The van der Waals surface area contributed by atoms with Crippen molar-refractivity contribution in [3.63, 3.8) is 0 Å². The number of aromatic nitrogens is 1. The van der Waals surface area contributed by atoms with Gasteiger partial charge in [-0.25, -0.2) is 4.98 Å². The van der Waals surface area contributed by atoms with Crippen molar-refractivity contribution in [2.75, 3.05) is 11.9 Å². The lowest BCUT2D eigenvalue weighted by Gasteiger charge is -2.19. The van der Waals surface area contributed by atoms with Gasteiger partial charge < -0.3 is 9.32 Å². The fourth-order valence-corrected chi connectivity index (χ4v) is 2.92. The minimum atomic E-state index is -4.94. The van der Waals surface area contributed by atoms with Gasteiger partial charge >= 0.3 is 12.1 Å². The van der Waals surface area contributed by atoms with Crippen LogP contribution in [-0.4, -0.2) is 24.1 Å². The summed E-state index contributed by atoms with van der Waals surface area (Å²) in [4.78, 5) is 16.5. The third-order valence-corrected chi connectivity index (χ3v) is 4.59. The van der Waals surface area contributed by atoms with Gasteiger partial charge in [-0.3, -0.25) is 4.79 Å². The molecule has 0 N–H and O–H groups in total. The summed E-state index contributed by atoms with van der Waals surface area (Å²) in [6.45, 7) is 8.05. The summed E-state index contributed by atoms with van der Waals surface area (Å²) in [7, 11) is 1.09. The highest BCUT2D eigenvalue weighted by Crippen LogP contribution is 2.32. The Balaban J connectivity index is 2.00. The molecule has 0 spiro atoms. The first-order chi connectivity index (χ1) is 12.9. The quantitative estimate of drug-likeness (QED) is 0.570. The van der Waals surface area contributed by atoms with Crippen LogP contribution >= 0.6 is 0 Å². The van der Waals surface area contributed by atoms with Crippen LogP contribution in [0.2, 0.25) is 0 Å². The van der Waals surface area contributed by atoms with Gasteiger partial charge in [0, 0.05) is 18.3 Å². The molecule has 0 fully saturated rings. The lowest BCUT2D eigenvalue weighted by molar-refractivity contribution is -0.170. The van der Waals surface area contributed by atoms with E-state index in [-0.39, 0.29) is 11.1 Å². The van der Waals surface area contributed by atoms with Crippen LogP contribution in [0.3, 0.4) is 0 Å². The second kappa shape index (κ2) is 6.65. The normalized spacial score (nSPS) is 12.4. The standard InChI is InChI=1S/C21H21F3N2O2/c1-12-10-15(26(5)19(27)21(22,23)24)11-16-17(12)28-18(25-16)13-6-8-14(9-7-13)20(2,3)4/h6-11H,1-5H3. The van der Waals surface area contributed by atoms with Crippen molar-refractivity contribution in [1.29, 1.82) is 0 Å². The topological polar surface area (TPSA) is 46.3 Å². The van der Waals surface area contributed by atoms with E-state index in [0.29, 0.717) is 27.5 Å². The van der Waals surface area contributed by atoms with Crippen molar-refractivity contribution in [2.24, 2.45) is 0 Å². The Hall–Kier alpha value is -2.83. The average Bonchev–Trinajstić information content (AvgIpc) is 3.03. The van der Waals surface area contributed by atoms with Crippen LogP contribution in [0.5, 0.6) is 0 Å². The van der Waals surface area contributed by atoms with E-state index in [9.17, 15) is 18.0 Å². The maximum absolute atomic E-state index is 12.7. The van der Waals surface area contributed by atoms with E-state index in [4.69, 9.17) is 4.42 Å². The summed E-state index contributed by atoms with van der Waals surface area (Å²) in [5, 5.41) is 0. The van der Waals surface area contributed by atoms with Gasteiger partial charge in [0.15, 0.2) is 5.58 Å². The Morgan fingerprint density at radius 2 is 1.68 bits per heavy atom. The molecule has 3 aromatic rings. The smallest absolute Gasteiger partial charge is 0.436 e. The van der Waals surface area contributed by atoms with E-state index in [2.05, 4.69) is 25.8 Å². The zero-order valence-electron chi connectivity index (χ0n) is 16.3. The summed E-state index contributed by atoms with van der Waals surface area (Å²) >= 11 is 0. The second-order valence-corrected chi connectivity index (χ2v) is 7.82. The molecule has 148 valence electrons. The maximum atomic E-state index is 12.7. The Morgan fingerprint density at radius 1 is 1.07 bits per heavy atom. The number of hydrogen-bond acceptors (Lipinski definition) is 3. The van der Waals surface area contributed by atoms with Crippen molar-refractivity contribution in [1.82, 2.24) is 4.98 Å². The molecule has 0 aliphatic rings. The van der Waals surface area contributed by atoms with Crippen molar-refractivity contribution in [3.05, 3.63) is 47.5 Å². The Morgan fingerprint density at radius 3 is 2.21 bits per heavy atom. The molecule has 28 heavy (non-hydrogen) atoms. The maximum Gasteiger partial charge on any atom is 0.471 e. The first-order valence-corrected chi connectivity index (χ1v) is 8.75. The number of carbonyl (C=O) groups excluding carboxylic acids is 1. The number of halogens is 3. The van der Waals surface area contributed by atoms with Crippen molar-refractivity contribution in [3.8, 4) is 11.5 Å². The predicted octanol–water partition coefficient (Wildman–Crippen LogP) is 5.63. The molecule has 0 radical (unpaired) electrons. The monoisotopic (exact) mass is 390 g/mol. The number of benzene rings is 2. The first-order valence-electron chi connectivity index (χ1n) is 8.75. The van der Waals surface area contributed by atoms with Crippen LogP contribution in [-0.2, 0) is 10.2 Å². The number of amides is 1. The Bertz CT molecular complexity index is 1030. The summed E-state index contributed by atoms with van der Waals surface area (Å²) < 4.78 is 44.0. The predicted molar refractivity (Wildman–Crippen MR) is 102 cm³/mol. The summed E-state index contributed by atoms with van der Waals surface area (Å²) in [5.74, 6) is -1.56. The summed E-state index contributed by atoms with van der Waals surface area (Å²) in [6, 6.07) is 10.7. The molecule has 1 aromatic heterocycles. The minimum Gasteiger partial charge on any atom is -0.436 e. The third kappa shape index (κ3) is 3.74. The number of alkyl halides is 3. The van der Waals surface area contributed by atoms with Gasteiger partial charge in [-0.1, -0.05) is 32.9 Å². The van der Waals surface area contributed by atoms with Gasteiger partial charge in [0.1, 0.15) is 5.52 Å². The van der Waals surface area contributed by atoms with Crippen LogP contribution in [0.1, 0.15) is 31.9 Å². The van der Waals surface area contributed by atoms with Crippen LogP contribution < -0.4 is 4.90 Å². The number of nitrogens with zero attached hydrogens (tertiary/aromatic N) is 2. The highest BCUT2D eigenvalue weighted by Gasteiger charge is 2.41. The van der Waals surface area contributed by atoms with E-state index in [1.54, 1.807) is 6.92 Å². The molecule has 0 aliphatic heterocycles. The van der Waals surface area contributed by atoms with Crippen LogP contribution in [0.4, 0.5) is 18.9 Å². The number of rotatable bonds is 2. The zero-order valence-corrected chi connectivity index (χ0v) is 16.3. The zero-order chi connectivity index (χ0) is 20.9. The molecule has 0 saturated carbocycles. The molecule has 0 unspecified atom stereocenters. The molecule has 4 nitrogen and oxygen atoms in total. The van der Waals surface area contributed by atoms with Gasteiger partial charge in [0.05, 0.1) is 0 Å². The number of hydrogen-bond donors (Lipinski definition) is 0. The van der Waals surface area contributed by atoms with Crippen molar-refractivity contribution < 1.29 is 22.4 Å². The average molecular weight is 390 g/mol. The van der Waals surface area contributed by atoms with Crippen LogP contribution in [0.15, 0.2) is 40.8 Å². The molecule has 1 heterocycles. The Labute approximate surface area is 161 Å². The van der Waals surface area contributed by atoms with E-state index >= 15 is 0 Å². The number of aryl methyl sites for hydroxylation is 1. The highest BCUT2D eigenvalue weighted by atomic mass is 19.4. The molecule has 3 rings (SSSR count). The molecule has 0 bridgehead atoms. The van der Waals surface area contributed by atoms with Gasteiger partial charge in [-0.05, 0) is 47.7 Å². The molecule has 0 aliphatic carbocycles. The Kier molecular flexibility index (Phi) is 4.73. The van der Waals surface area contributed by atoms with Gasteiger partial charge in [0.2, 0.25) is 5.89 Å². The van der Waals surface area contributed by atoms with Crippen molar-refractivity contribution >= 4 is 22.7 Å². The van der Waals surface area contributed by atoms with E-state index in [1.165, 1.54) is 12.1 Å². The molecule has 0 saturated heterocycles. The lowest BCUT2D eigenvalue weighted by Crippen LogP contribution is -2.38. The number of carbonyl (C=O) groups is 1. The lowest BCUT2D eigenvalue weighted by atomic mass is 9.87. The van der Waals surface area contributed by atoms with Crippen molar-refractivity contribution in [2.45, 2.75) is 39.3 Å².